The van der Waals surface area contributed by atoms with E-state index in [-0.39, 0.29) is 0 Å². The molecule has 2 rings (SSSR count). The predicted molar refractivity (Wildman–Crippen MR) is 69.7 cm³/mol. The third-order valence-electron chi connectivity index (χ3n) is 4.62. The first-order valence-electron chi connectivity index (χ1n) is 7.21. The van der Waals surface area contributed by atoms with Crippen LogP contribution in [-0.2, 0) is 0 Å². The zero-order chi connectivity index (χ0) is 11.4. The van der Waals surface area contributed by atoms with Gasteiger partial charge < -0.3 is 10.2 Å². The highest BCUT2D eigenvalue weighted by Gasteiger charge is 2.36. The zero-order valence-electron chi connectivity index (χ0n) is 11.1. The zero-order valence-corrected chi connectivity index (χ0v) is 11.1. The normalized spacial score (nSPS) is 36.0. The number of likely N-dealkylation sites (tertiary alicyclic amines) is 1. The molecule has 0 saturated carbocycles. The fraction of sp³-hybridized carbons (Fsp3) is 1.00. The molecule has 0 spiro atoms. The summed E-state index contributed by atoms with van der Waals surface area (Å²) < 4.78 is 0. The highest BCUT2D eigenvalue weighted by atomic mass is 15.2. The summed E-state index contributed by atoms with van der Waals surface area (Å²) in [6.45, 7) is 11.2. The second-order valence-corrected chi connectivity index (χ2v) is 5.97. The minimum absolute atomic E-state index is 0.609. The maximum Gasteiger partial charge on any atom is 0.00507 e. The summed E-state index contributed by atoms with van der Waals surface area (Å²) in [5.74, 6) is 0.980. The fourth-order valence-corrected chi connectivity index (χ4v) is 3.62. The molecular formula is C14H28N2. The third-order valence-corrected chi connectivity index (χ3v) is 4.62. The Morgan fingerprint density at radius 3 is 2.81 bits per heavy atom. The molecule has 0 aromatic rings. The van der Waals surface area contributed by atoms with Crippen LogP contribution in [0.15, 0.2) is 0 Å². The van der Waals surface area contributed by atoms with Gasteiger partial charge in [-0.15, -0.1) is 0 Å². The van der Waals surface area contributed by atoms with Crippen LogP contribution in [0.2, 0.25) is 0 Å². The van der Waals surface area contributed by atoms with Gasteiger partial charge in [-0.2, -0.15) is 0 Å². The van der Waals surface area contributed by atoms with Crippen molar-refractivity contribution < 1.29 is 0 Å². The molecule has 2 unspecified atom stereocenters. The standard InChI is InChI=1S/C14H28N2/c1-3-6-14(7-8-15-11-14)12-16-9-5-13(4-2)10-16/h13,15H,3-12H2,1-2H3. The van der Waals surface area contributed by atoms with Crippen LogP contribution in [0.1, 0.15) is 46.0 Å². The smallest absolute Gasteiger partial charge is 0.00507 e. The maximum atomic E-state index is 3.57. The lowest BCUT2D eigenvalue weighted by atomic mass is 9.82. The van der Waals surface area contributed by atoms with Crippen molar-refractivity contribution in [3.63, 3.8) is 0 Å². The van der Waals surface area contributed by atoms with Gasteiger partial charge in [-0.25, -0.2) is 0 Å². The van der Waals surface area contributed by atoms with Gasteiger partial charge in [0.2, 0.25) is 0 Å². The van der Waals surface area contributed by atoms with Crippen LogP contribution in [0.3, 0.4) is 0 Å². The van der Waals surface area contributed by atoms with E-state index in [1.54, 1.807) is 0 Å². The second-order valence-electron chi connectivity index (χ2n) is 5.97. The minimum Gasteiger partial charge on any atom is -0.316 e. The molecule has 94 valence electrons. The molecule has 2 atom stereocenters. The summed E-state index contributed by atoms with van der Waals surface area (Å²) >= 11 is 0. The number of rotatable bonds is 5. The lowest BCUT2D eigenvalue weighted by Gasteiger charge is -2.33. The third kappa shape index (κ3) is 2.78. The Balaban J connectivity index is 1.86. The maximum absolute atomic E-state index is 3.57. The van der Waals surface area contributed by atoms with Gasteiger partial charge in [0.05, 0.1) is 0 Å². The van der Waals surface area contributed by atoms with E-state index in [2.05, 4.69) is 24.1 Å². The molecule has 2 fully saturated rings. The molecule has 0 amide bonds. The number of hydrogen-bond donors (Lipinski definition) is 1. The van der Waals surface area contributed by atoms with Crippen molar-refractivity contribution in [3.05, 3.63) is 0 Å². The largest absolute Gasteiger partial charge is 0.316 e. The molecule has 2 aliphatic heterocycles. The van der Waals surface area contributed by atoms with Crippen LogP contribution in [-0.4, -0.2) is 37.6 Å². The van der Waals surface area contributed by atoms with Crippen LogP contribution in [0.5, 0.6) is 0 Å². The number of nitrogens with one attached hydrogen (secondary N) is 1. The van der Waals surface area contributed by atoms with Gasteiger partial charge >= 0.3 is 0 Å². The molecule has 2 aliphatic rings. The molecule has 0 aromatic carbocycles. The summed E-state index contributed by atoms with van der Waals surface area (Å²) in [6, 6.07) is 0. The molecule has 0 aromatic heterocycles. The molecule has 2 heteroatoms. The van der Waals surface area contributed by atoms with Gasteiger partial charge in [0, 0.05) is 19.6 Å². The highest BCUT2D eigenvalue weighted by molar-refractivity contribution is 4.91. The fourth-order valence-electron chi connectivity index (χ4n) is 3.62. The van der Waals surface area contributed by atoms with Gasteiger partial charge in [-0.05, 0) is 43.7 Å². The average molecular weight is 224 g/mol. The van der Waals surface area contributed by atoms with E-state index in [4.69, 9.17) is 0 Å². The van der Waals surface area contributed by atoms with E-state index in [9.17, 15) is 0 Å². The molecule has 0 radical (unpaired) electrons. The van der Waals surface area contributed by atoms with Crippen LogP contribution in [0.25, 0.3) is 0 Å². The SMILES string of the molecule is CCCC1(CN2CCC(CC)C2)CCNC1. The first kappa shape index (κ1) is 12.4. The van der Waals surface area contributed by atoms with E-state index in [1.807, 2.05) is 0 Å². The van der Waals surface area contributed by atoms with Crippen LogP contribution < -0.4 is 5.32 Å². The summed E-state index contributed by atoms with van der Waals surface area (Å²) in [7, 11) is 0. The van der Waals surface area contributed by atoms with Crippen molar-refractivity contribution in [2.75, 3.05) is 32.7 Å². The van der Waals surface area contributed by atoms with Crippen LogP contribution >= 0.6 is 0 Å². The van der Waals surface area contributed by atoms with Gasteiger partial charge in [0.15, 0.2) is 0 Å². The Kier molecular flexibility index (Phi) is 4.26. The van der Waals surface area contributed by atoms with Crippen molar-refractivity contribution in [1.82, 2.24) is 10.2 Å². The van der Waals surface area contributed by atoms with Crippen molar-refractivity contribution in [2.45, 2.75) is 46.0 Å². The van der Waals surface area contributed by atoms with Gasteiger partial charge in [-0.1, -0.05) is 26.7 Å². The summed E-state index contributed by atoms with van der Waals surface area (Å²) in [5, 5.41) is 3.57. The summed E-state index contributed by atoms with van der Waals surface area (Å²) in [5.41, 5.74) is 0.609. The Bertz CT molecular complexity index is 209. The van der Waals surface area contributed by atoms with Gasteiger partial charge in [-0.3, -0.25) is 0 Å². The second kappa shape index (κ2) is 5.50. The Hall–Kier alpha value is -0.0800. The lowest BCUT2D eigenvalue weighted by Crippen LogP contribution is -2.38. The minimum atomic E-state index is 0.609. The Labute approximate surface area is 101 Å². The van der Waals surface area contributed by atoms with E-state index >= 15 is 0 Å². The molecule has 0 bridgehead atoms. The first-order chi connectivity index (χ1) is 7.78. The quantitative estimate of drug-likeness (QED) is 0.772. The highest BCUT2D eigenvalue weighted by Crippen LogP contribution is 2.34. The Morgan fingerprint density at radius 2 is 2.25 bits per heavy atom. The average Bonchev–Trinajstić information content (AvgIpc) is 2.89. The van der Waals surface area contributed by atoms with E-state index in [1.165, 1.54) is 64.8 Å². The molecule has 16 heavy (non-hydrogen) atoms. The van der Waals surface area contributed by atoms with E-state index in [0.717, 1.165) is 5.92 Å². The topological polar surface area (TPSA) is 15.3 Å². The molecule has 0 aliphatic carbocycles. The van der Waals surface area contributed by atoms with Crippen molar-refractivity contribution in [3.8, 4) is 0 Å². The molecule has 2 saturated heterocycles. The molecule has 1 N–H and O–H groups in total. The van der Waals surface area contributed by atoms with Crippen LogP contribution in [0, 0.1) is 11.3 Å². The van der Waals surface area contributed by atoms with Gasteiger partial charge in [0.1, 0.15) is 0 Å². The van der Waals surface area contributed by atoms with Crippen molar-refractivity contribution in [2.24, 2.45) is 11.3 Å². The predicted octanol–water partition coefficient (Wildman–Crippen LogP) is 2.50. The molecule has 2 heterocycles. The summed E-state index contributed by atoms with van der Waals surface area (Å²) in [4.78, 5) is 2.73. The van der Waals surface area contributed by atoms with Crippen molar-refractivity contribution in [1.29, 1.82) is 0 Å². The first-order valence-corrected chi connectivity index (χ1v) is 7.21. The Morgan fingerprint density at radius 1 is 1.38 bits per heavy atom. The number of hydrogen-bond acceptors (Lipinski definition) is 2. The molecular weight excluding hydrogens is 196 g/mol. The van der Waals surface area contributed by atoms with Crippen LogP contribution in [0.4, 0.5) is 0 Å². The number of nitrogens with zero attached hydrogens (tertiary/aromatic N) is 1. The van der Waals surface area contributed by atoms with E-state index in [0.29, 0.717) is 5.41 Å². The summed E-state index contributed by atoms with van der Waals surface area (Å²) in [6.07, 6.45) is 6.95. The van der Waals surface area contributed by atoms with Crippen molar-refractivity contribution >= 4 is 0 Å². The monoisotopic (exact) mass is 224 g/mol. The van der Waals surface area contributed by atoms with Gasteiger partial charge in [0.25, 0.3) is 0 Å². The lowest BCUT2D eigenvalue weighted by molar-refractivity contribution is 0.172. The molecule has 2 nitrogen and oxygen atoms in total. The van der Waals surface area contributed by atoms with E-state index < -0.39 is 0 Å².